The molecule has 0 saturated carbocycles. The lowest BCUT2D eigenvalue weighted by Crippen LogP contribution is -2.24. The van der Waals surface area contributed by atoms with Gasteiger partial charge in [-0.1, -0.05) is 12.1 Å². The van der Waals surface area contributed by atoms with Crippen molar-refractivity contribution in [3.63, 3.8) is 0 Å². The quantitative estimate of drug-likeness (QED) is 0.746. The van der Waals surface area contributed by atoms with E-state index in [0.29, 0.717) is 11.8 Å². The molecule has 3 rings (SSSR count). The van der Waals surface area contributed by atoms with E-state index in [1.165, 1.54) is 0 Å². The second-order valence-corrected chi connectivity index (χ2v) is 5.04. The fraction of sp³-hybridized carbons (Fsp3) is 0.176. The summed E-state index contributed by atoms with van der Waals surface area (Å²) in [4.78, 5) is 15.9. The van der Waals surface area contributed by atoms with Gasteiger partial charge in [-0.2, -0.15) is 0 Å². The Hall–Kier alpha value is -3.22. The molecule has 2 aromatic heterocycles. The number of pyridine rings is 1. The molecule has 0 aliphatic rings. The maximum atomic E-state index is 12.0. The molecule has 122 valence electrons. The Labute approximate surface area is 138 Å². The molecule has 7 heteroatoms. The molecule has 0 unspecified atom stereocenters. The van der Waals surface area contributed by atoms with Gasteiger partial charge < -0.3 is 14.5 Å². The van der Waals surface area contributed by atoms with Crippen LogP contribution in [-0.2, 0) is 17.8 Å². The average Bonchev–Trinajstić information content (AvgIpc) is 3.10. The lowest BCUT2D eigenvalue weighted by atomic mass is 10.1. The highest BCUT2D eigenvalue weighted by Crippen LogP contribution is 2.16. The first-order chi connectivity index (χ1) is 11.7. The Morgan fingerprint density at radius 1 is 1.12 bits per heavy atom. The Balaban J connectivity index is 1.53. The number of nitrogens with zero attached hydrogens (tertiary/aromatic N) is 3. The number of carbonyl (C=O) groups excluding carboxylic acids is 1. The van der Waals surface area contributed by atoms with Crippen LogP contribution in [0.2, 0.25) is 0 Å². The molecule has 0 spiro atoms. The third-order valence-electron chi connectivity index (χ3n) is 3.35. The summed E-state index contributed by atoms with van der Waals surface area (Å²) in [5.74, 6) is 1.39. The number of hydrogen-bond donors (Lipinski definition) is 1. The van der Waals surface area contributed by atoms with Gasteiger partial charge in [-0.15, -0.1) is 10.2 Å². The van der Waals surface area contributed by atoms with Crippen molar-refractivity contribution in [2.45, 2.75) is 13.0 Å². The van der Waals surface area contributed by atoms with Crippen molar-refractivity contribution in [2.24, 2.45) is 0 Å². The minimum absolute atomic E-state index is 0.121. The van der Waals surface area contributed by atoms with Gasteiger partial charge >= 0.3 is 0 Å². The number of ether oxygens (including phenoxy) is 1. The monoisotopic (exact) mass is 324 g/mol. The van der Waals surface area contributed by atoms with Gasteiger partial charge in [0, 0.05) is 18.0 Å². The van der Waals surface area contributed by atoms with Crippen LogP contribution >= 0.6 is 0 Å². The molecule has 0 radical (unpaired) electrons. The molecule has 0 aliphatic heterocycles. The van der Waals surface area contributed by atoms with Gasteiger partial charge in [0.05, 0.1) is 20.1 Å². The maximum Gasteiger partial charge on any atom is 0.247 e. The minimum Gasteiger partial charge on any atom is -0.497 e. The zero-order valence-corrected chi connectivity index (χ0v) is 13.1. The van der Waals surface area contributed by atoms with Crippen molar-refractivity contribution < 1.29 is 13.9 Å². The van der Waals surface area contributed by atoms with Crippen molar-refractivity contribution >= 4 is 5.91 Å². The van der Waals surface area contributed by atoms with Gasteiger partial charge in [-0.05, 0) is 29.8 Å². The van der Waals surface area contributed by atoms with Crippen molar-refractivity contribution in [3.8, 4) is 17.2 Å². The lowest BCUT2D eigenvalue weighted by molar-refractivity contribution is -0.120. The first-order valence-corrected chi connectivity index (χ1v) is 7.37. The molecule has 0 saturated heterocycles. The maximum absolute atomic E-state index is 12.0. The van der Waals surface area contributed by atoms with Crippen LogP contribution in [0.5, 0.6) is 5.75 Å². The van der Waals surface area contributed by atoms with Crippen LogP contribution in [0.25, 0.3) is 11.5 Å². The van der Waals surface area contributed by atoms with Crippen molar-refractivity contribution in [1.29, 1.82) is 0 Å². The van der Waals surface area contributed by atoms with Gasteiger partial charge in [0.15, 0.2) is 0 Å². The predicted molar refractivity (Wildman–Crippen MR) is 86.1 cm³/mol. The minimum atomic E-state index is -0.121. The third kappa shape index (κ3) is 3.95. The summed E-state index contributed by atoms with van der Waals surface area (Å²) in [6, 6.07) is 10.9. The third-order valence-corrected chi connectivity index (χ3v) is 3.35. The van der Waals surface area contributed by atoms with Gasteiger partial charge in [0.1, 0.15) is 5.75 Å². The van der Waals surface area contributed by atoms with Crippen LogP contribution in [0.3, 0.4) is 0 Å². The molecule has 0 atom stereocenters. The number of benzene rings is 1. The topological polar surface area (TPSA) is 90.1 Å². The molecule has 0 fully saturated rings. The normalized spacial score (nSPS) is 10.4. The fourth-order valence-electron chi connectivity index (χ4n) is 2.10. The Morgan fingerprint density at radius 3 is 2.58 bits per heavy atom. The summed E-state index contributed by atoms with van der Waals surface area (Å²) in [6.07, 6.45) is 3.57. The van der Waals surface area contributed by atoms with Crippen molar-refractivity contribution in [1.82, 2.24) is 20.5 Å². The zero-order valence-electron chi connectivity index (χ0n) is 13.1. The number of methoxy groups -OCH3 is 1. The van der Waals surface area contributed by atoms with E-state index in [2.05, 4.69) is 20.5 Å². The standard InChI is InChI=1S/C17H16N4O3/c1-23-14-4-2-12(3-5-14)10-15(22)19-11-16-20-21-17(24-16)13-6-8-18-9-7-13/h2-9H,10-11H2,1H3,(H,19,22). The van der Waals surface area contributed by atoms with E-state index in [9.17, 15) is 4.79 Å². The molecule has 0 aliphatic carbocycles. The van der Waals surface area contributed by atoms with E-state index in [1.54, 1.807) is 31.6 Å². The summed E-state index contributed by atoms with van der Waals surface area (Å²) in [5.41, 5.74) is 1.68. The van der Waals surface area contributed by atoms with Gasteiger partial charge in [-0.25, -0.2) is 0 Å². The SMILES string of the molecule is COc1ccc(CC(=O)NCc2nnc(-c3ccncc3)o2)cc1. The average molecular weight is 324 g/mol. The smallest absolute Gasteiger partial charge is 0.247 e. The van der Waals surface area contributed by atoms with E-state index >= 15 is 0 Å². The highest BCUT2D eigenvalue weighted by molar-refractivity contribution is 5.78. The summed E-state index contributed by atoms with van der Waals surface area (Å²) in [7, 11) is 1.60. The molecule has 0 bridgehead atoms. The fourth-order valence-corrected chi connectivity index (χ4v) is 2.10. The molecule has 7 nitrogen and oxygen atoms in total. The van der Waals surface area contributed by atoms with Crippen LogP contribution in [-0.4, -0.2) is 28.2 Å². The van der Waals surface area contributed by atoms with Crippen molar-refractivity contribution in [2.75, 3.05) is 7.11 Å². The van der Waals surface area contributed by atoms with E-state index < -0.39 is 0 Å². The number of amides is 1. The first-order valence-electron chi connectivity index (χ1n) is 7.37. The molecular formula is C17H16N4O3. The first kappa shape index (κ1) is 15.7. The molecule has 24 heavy (non-hydrogen) atoms. The number of nitrogens with one attached hydrogen (secondary N) is 1. The molecule has 1 amide bonds. The van der Waals surface area contributed by atoms with Crippen LogP contribution in [0, 0.1) is 0 Å². The second kappa shape index (κ2) is 7.36. The second-order valence-electron chi connectivity index (χ2n) is 5.04. The van der Waals surface area contributed by atoms with E-state index in [0.717, 1.165) is 16.9 Å². The number of carbonyl (C=O) groups is 1. The molecular weight excluding hydrogens is 308 g/mol. The molecule has 2 heterocycles. The molecule has 1 N–H and O–H groups in total. The molecule has 3 aromatic rings. The number of aromatic nitrogens is 3. The lowest BCUT2D eigenvalue weighted by Gasteiger charge is -2.04. The van der Waals surface area contributed by atoms with Gasteiger partial charge in [0.25, 0.3) is 0 Å². The summed E-state index contributed by atoms with van der Waals surface area (Å²) in [6.45, 7) is 0.188. The summed E-state index contributed by atoms with van der Waals surface area (Å²) >= 11 is 0. The summed E-state index contributed by atoms with van der Waals surface area (Å²) in [5, 5.41) is 10.6. The van der Waals surface area contributed by atoms with Crippen LogP contribution in [0.15, 0.2) is 53.2 Å². The van der Waals surface area contributed by atoms with Crippen LogP contribution < -0.4 is 10.1 Å². The highest BCUT2D eigenvalue weighted by atomic mass is 16.5. The predicted octanol–water partition coefficient (Wildman–Crippen LogP) is 2.00. The number of hydrogen-bond acceptors (Lipinski definition) is 6. The van der Waals surface area contributed by atoms with E-state index in [-0.39, 0.29) is 18.9 Å². The van der Waals surface area contributed by atoms with E-state index in [4.69, 9.17) is 9.15 Å². The van der Waals surface area contributed by atoms with Gasteiger partial charge in [-0.3, -0.25) is 9.78 Å². The largest absolute Gasteiger partial charge is 0.497 e. The van der Waals surface area contributed by atoms with Crippen LogP contribution in [0.1, 0.15) is 11.5 Å². The number of rotatable bonds is 6. The highest BCUT2D eigenvalue weighted by Gasteiger charge is 2.10. The van der Waals surface area contributed by atoms with E-state index in [1.807, 2.05) is 24.3 Å². The molecule has 1 aromatic carbocycles. The zero-order chi connectivity index (χ0) is 16.8. The van der Waals surface area contributed by atoms with Gasteiger partial charge in [0.2, 0.25) is 17.7 Å². The van der Waals surface area contributed by atoms with Crippen molar-refractivity contribution in [3.05, 3.63) is 60.2 Å². The Bertz CT molecular complexity index is 800. The Morgan fingerprint density at radius 2 is 1.88 bits per heavy atom. The summed E-state index contributed by atoms with van der Waals surface area (Å²) < 4.78 is 10.6. The Kier molecular flexibility index (Phi) is 4.81. The van der Waals surface area contributed by atoms with Crippen LogP contribution in [0.4, 0.5) is 0 Å².